The second-order valence-electron chi connectivity index (χ2n) is 8.40. The van der Waals surface area contributed by atoms with Crippen molar-refractivity contribution in [1.29, 1.82) is 0 Å². The van der Waals surface area contributed by atoms with E-state index in [4.69, 9.17) is 10.8 Å². The highest BCUT2D eigenvalue weighted by Gasteiger charge is 2.16. The van der Waals surface area contributed by atoms with E-state index in [9.17, 15) is 4.79 Å². The summed E-state index contributed by atoms with van der Waals surface area (Å²) in [6.07, 6.45) is 2.53. The fraction of sp³-hybridized carbons (Fsp3) is 0.240. The summed E-state index contributed by atoms with van der Waals surface area (Å²) in [5, 5.41) is 5.72. The first kappa shape index (κ1) is 21.4. The Bertz CT molecular complexity index is 1290. The molecule has 0 unspecified atom stereocenters. The van der Waals surface area contributed by atoms with E-state index in [0.717, 1.165) is 33.5 Å². The summed E-state index contributed by atoms with van der Waals surface area (Å²) >= 11 is 0. The number of aromatic nitrogens is 3. The van der Waals surface area contributed by atoms with Crippen molar-refractivity contribution in [2.24, 2.45) is 7.05 Å². The molecule has 0 bridgehead atoms. The second kappa shape index (κ2) is 8.34. The van der Waals surface area contributed by atoms with E-state index in [0.29, 0.717) is 17.7 Å². The zero-order valence-electron chi connectivity index (χ0n) is 19.1. The molecule has 7 nitrogen and oxygen atoms in total. The highest BCUT2D eigenvalue weighted by Crippen LogP contribution is 2.28. The van der Waals surface area contributed by atoms with E-state index in [2.05, 4.69) is 40.2 Å². The first-order valence-corrected chi connectivity index (χ1v) is 10.4. The fourth-order valence-electron chi connectivity index (χ4n) is 3.77. The summed E-state index contributed by atoms with van der Waals surface area (Å²) in [4.78, 5) is 20.8. The minimum atomic E-state index is -0.123. The third kappa shape index (κ3) is 4.01. The van der Waals surface area contributed by atoms with Crippen LogP contribution < -0.4 is 10.6 Å². The van der Waals surface area contributed by atoms with Gasteiger partial charge in [0.1, 0.15) is 0 Å². The predicted octanol–water partition coefficient (Wildman–Crippen LogP) is 3.58. The Morgan fingerprint density at radius 2 is 1.72 bits per heavy atom. The van der Waals surface area contributed by atoms with Crippen LogP contribution in [0.25, 0.3) is 22.2 Å². The molecule has 7 heteroatoms. The molecule has 4 rings (SSSR count). The van der Waals surface area contributed by atoms with Crippen LogP contribution in [0.4, 0.5) is 11.4 Å². The number of aryl methyl sites for hydroxylation is 1. The summed E-state index contributed by atoms with van der Waals surface area (Å²) in [7, 11) is 9.40. The minimum Gasteiger partial charge on any atom is -0.398 e. The van der Waals surface area contributed by atoms with Crippen LogP contribution in [-0.4, -0.2) is 53.8 Å². The molecular formula is C25H28N6O. The van der Waals surface area contributed by atoms with Gasteiger partial charge in [0.15, 0.2) is 5.65 Å². The van der Waals surface area contributed by atoms with Crippen molar-refractivity contribution < 1.29 is 4.79 Å². The molecule has 1 amide bonds. The van der Waals surface area contributed by atoms with Crippen molar-refractivity contribution in [3.05, 3.63) is 71.5 Å². The molecule has 0 spiro atoms. The lowest BCUT2D eigenvalue weighted by atomic mass is 10.0. The van der Waals surface area contributed by atoms with E-state index >= 15 is 0 Å². The summed E-state index contributed by atoms with van der Waals surface area (Å²) < 4.78 is 1.81. The van der Waals surface area contributed by atoms with Gasteiger partial charge in [-0.05, 0) is 41.5 Å². The molecule has 0 aliphatic carbocycles. The maximum atomic E-state index is 12.5. The molecule has 2 aromatic carbocycles. The lowest BCUT2D eigenvalue weighted by Gasteiger charge is -2.13. The molecule has 2 aromatic heterocycles. The summed E-state index contributed by atoms with van der Waals surface area (Å²) in [6, 6.07) is 16.1. The van der Waals surface area contributed by atoms with Crippen LogP contribution in [0.2, 0.25) is 0 Å². The Hall–Kier alpha value is -3.87. The molecule has 0 saturated carbocycles. The number of nitrogens with zero attached hydrogens (tertiary/aromatic N) is 5. The highest BCUT2D eigenvalue weighted by atomic mass is 16.2. The Morgan fingerprint density at radius 3 is 2.38 bits per heavy atom. The zero-order valence-corrected chi connectivity index (χ0v) is 19.1. The summed E-state index contributed by atoms with van der Waals surface area (Å²) in [5.74, 6) is -0.123. The molecule has 164 valence electrons. The lowest BCUT2D eigenvalue weighted by molar-refractivity contribution is 0.0828. The van der Waals surface area contributed by atoms with Gasteiger partial charge < -0.3 is 15.5 Å². The van der Waals surface area contributed by atoms with Crippen LogP contribution >= 0.6 is 0 Å². The summed E-state index contributed by atoms with van der Waals surface area (Å²) in [5.41, 5.74) is 13.0. The van der Waals surface area contributed by atoms with Gasteiger partial charge in [0.2, 0.25) is 0 Å². The van der Waals surface area contributed by atoms with Crippen molar-refractivity contribution >= 4 is 28.3 Å². The summed E-state index contributed by atoms with van der Waals surface area (Å²) in [6.45, 7) is 0. The molecular weight excluding hydrogens is 400 g/mol. The van der Waals surface area contributed by atoms with Crippen LogP contribution in [0, 0.1) is 0 Å². The Morgan fingerprint density at radius 1 is 1.00 bits per heavy atom. The van der Waals surface area contributed by atoms with Crippen molar-refractivity contribution in [1.82, 2.24) is 19.7 Å². The van der Waals surface area contributed by atoms with Gasteiger partial charge in [-0.3, -0.25) is 9.48 Å². The van der Waals surface area contributed by atoms with Gasteiger partial charge in [0.25, 0.3) is 5.91 Å². The van der Waals surface area contributed by atoms with Crippen LogP contribution in [0.5, 0.6) is 0 Å². The Kier molecular flexibility index (Phi) is 5.57. The topological polar surface area (TPSA) is 80.3 Å². The van der Waals surface area contributed by atoms with Gasteiger partial charge in [-0.15, -0.1) is 0 Å². The van der Waals surface area contributed by atoms with Gasteiger partial charge in [0.05, 0.1) is 11.3 Å². The molecule has 2 N–H and O–H groups in total. The van der Waals surface area contributed by atoms with E-state index in [-0.39, 0.29) is 5.91 Å². The van der Waals surface area contributed by atoms with Crippen molar-refractivity contribution in [2.45, 2.75) is 6.42 Å². The number of hydrogen-bond donors (Lipinski definition) is 1. The predicted molar refractivity (Wildman–Crippen MR) is 130 cm³/mol. The average Bonchev–Trinajstić information content (AvgIpc) is 3.08. The number of pyridine rings is 1. The number of carbonyl (C=O) groups is 1. The molecule has 0 aliphatic heterocycles. The van der Waals surface area contributed by atoms with Crippen LogP contribution in [0.15, 0.2) is 54.7 Å². The molecule has 0 atom stereocenters. The number of nitrogen functional groups attached to an aromatic ring is 1. The third-order valence-electron chi connectivity index (χ3n) is 5.60. The van der Waals surface area contributed by atoms with Gasteiger partial charge in [-0.2, -0.15) is 5.10 Å². The lowest BCUT2D eigenvalue weighted by Crippen LogP contribution is -2.22. The number of carbonyl (C=O) groups excluding carboxylic acids is 1. The zero-order chi connectivity index (χ0) is 23.0. The largest absolute Gasteiger partial charge is 0.398 e. The molecule has 32 heavy (non-hydrogen) atoms. The Balaban J connectivity index is 1.73. The first-order valence-electron chi connectivity index (χ1n) is 10.4. The van der Waals surface area contributed by atoms with E-state index in [1.807, 2.05) is 44.2 Å². The molecule has 0 aliphatic rings. The highest BCUT2D eigenvalue weighted by molar-refractivity contribution is 6.00. The monoisotopic (exact) mass is 428 g/mol. The van der Waals surface area contributed by atoms with Gasteiger partial charge in [-0.25, -0.2) is 4.98 Å². The molecule has 4 aromatic rings. The quantitative estimate of drug-likeness (QED) is 0.492. The maximum Gasteiger partial charge on any atom is 0.255 e. The average molecular weight is 429 g/mol. The number of nitrogens with two attached hydrogens (primary N) is 1. The Labute approximate surface area is 188 Å². The van der Waals surface area contributed by atoms with Gasteiger partial charge >= 0.3 is 0 Å². The van der Waals surface area contributed by atoms with Gasteiger partial charge in [0, 0.05) is 70.2 Å². The van der Waals surface area contributed by atoms with Crippen molar-refractivity contribution in [3.63, 3.8) is 0 Å². The number of hydrogen-bond acceptors (Lipinski definition) is 5. The molecule has 0 fully saturated rings. The number of rotatable bonds is 5. The number of benzene rings is 2. The van der Waals surface area contributed by atoms with Crippen LogP contribution in [0.1, 0.15) is 21.6 Å². The van der Waals surface area contributed by atoms with Gasteiger partial charge in [-0.1, -0.05) is 18.2 Å². The van der Waals surface area contributed by atoms with E-state index in [1.54, 1.807) is 20.2 Å². The maximum absolute atomic E-state index is 12.5. The number of fused-ring (bicyclic) bond motifs is 1. The molecule has 0 radical (unpaired) electrons. The van der Waals surface area contributed by atoms with E-state index in [1.165, 1.54) is 10.5 Å². The normalized spacial score (nSPS) is 11.0. The first-order chi connectivity index (χ1) is 15.2. The molecule has 2 heterocycles. The minimum absolute atomic E-state index is 0.123. The van der Waals surface area contributed by atoms with Crippen molar-refractivity contribution in [3.8, 4) is 11.1 Å². The molecule has 0 saturated heterocycles. The smallest absolute Gasteiger partial charge is 0.255 e. The number of anilines is 2. The number of amides is 1. The fourth-order valence-corrected chi connectivity index (χ4v) is 3.77. The van der Waals surface area contributed by atoms with Crippen LogP contribution in [0.3, 0.4) is 0 Å². The third-order valence-corrected chi connectivity index (χ3v) is 5.60. The second-order valence-corrected chi connectivity index (χ2v) is 8.40. The SMILES string of the molecule is CN(C)C(=O)c1cc(-c2cnc3c(c2)c(Cc2ccc(N(C)C)cc2)nn3C)ccc1N. The van der Waals surface area contributed by atoms with Crippen molar-refractivity contribution in [2.75, 3.05) is 38.8 Å². The van der Waals surface area contributed by atoms with Crippen LogP contribution in [-0.2, 0) is 13.5 Å². The van der Waals surface area contributed by atoms with E-state index < -0.39 is 0 Å². The standard InChI is InChI=1S/C25H28N6O/c1-29(2)19-9-6-16(7-10-19)12-23-21-14-18(15-27-24(21)31(5)28-23)17-8-11-22(26)20(13-17)25(32)30(3)4/h6-11,13-15H,12,26H2,1-5H3.